The third-order valence-electron chi connectivity index (χ3n) is 3.79. The molecule has 0 bridgehead atoms. The Morgan fingerprint density at radius 1 is 1.17 bits per heavy atom. The Balaban J connectivity index is 2.10. The normalized spacial score (nSPS) is 11.6. The molecule has 0 aliphatic rings. The molecule has 0 spiro atoms. The summed E-state index contributed by atoms with van der Waals surface area (Å²) in [6.07, 6.45) is 1.16. The largest absolute Gasteiger partial charge is 0.327 e. The molecule has 3 rings (SSSR count). The zero-order valence-electron chi connectivity index (χ0n) is 13.0. The molecule has 8 heteroatoms. The van der Waals surface area contributed by atoms with E-state index in [1.165, 1.54) is 12.1 Å². The lowest BCUT2D eigenvalue weighted by atomic mass is 10.2. The fraction of sp³-hybridized carbons (Fsp3) is 0.125. The van der Waals surface area contributed by atoms with E-state index in [0.717, 1.165) is 17.3 Å². The topological polar surface area (TPSA) is 101 Å². The van der Waals surface area contributed by atoms with Gasteiger partial charge in [0, 0.05) is 24.4 Å². The van der Waals surface area contributed by atoms with Gasteiger partial charge in [0.1, 0.15) is 5.82 Å². The number of sulfone groups is 1. The molecule has 124 valence electrons. The van der Waals surface area contributed by atoms with Crippen molar-refractivity contribution in [1.82, 2.24) is 15.0 Å². The maximum atomic E-state index is 11.5. The van der Waals surface area contributed by atoms with E-state index in [9.17, 15) is 13.2 Å². The second-order valence-electron chi connectivity index (χ2n) is 5.44. The molecular formula is C16H15N3O4S. The van der Waals surface area contributed by atoms with Crippen molar-refractivity contribution in [1.29, 1.82) is 0 Å². The standard InChI is InChI=1S/C16H15N3O4S/c1-19-14-8-5-11(16(20)18-21)9-13(14)17-15(19)10-3-6-12(7-4-10)24(2,22)23/h3-9,21H,1-2H3,(H,18,20). The van der Waals surface area contributed by atoms with Crippen LogP contribution in [0.4, 0.5) is 0 Å². The zero-order valence-corrected chi connectivity index (χ0v) is 13.8. The van der Waals surface area contributed by atoms with Crippen LogP contribution in [0.15, 0.2) is 47.4 Å². The molecular weight excluding hydrogens is 330 g/mol. The number of nitrogens with zero attached hydrogens (tertiary/aromatic N) is 2. The van der Waals surface area contributed by atoms with Crippen molar-refractivity contribution in [3.8, 4) is 11.4 Å². The lowest BCUT2D eigenvalue weighted by Crippen LogP contribution is -2.18. The Labute approximate surface area is 138 Å². The lowest BCUT2D eigenvalue weighted by Gasteiger charge is -2.04. The SMILES string of the molecule is Cn1c(-c2ccc(S(C)(=O)=O)cc2)nc2cc(C(=O)NO)ccc21. The maximum absolute atomic E-state index is 11.5. The van der Waals surface area contributed by atoms with Gasteiger partial charge in [0.15, 0.2) is 9.84 Å². The van der Waals surface area contributed by atoms with Gasteiger partial charge in [-0.2, -0.15) is 0 Å². The van der Waals surface area contributed by atoms with Crippen molar-refractivity contribution in [2.75, 3.05) is 6.26 Å². The van der Waals surface area contributed by atoms with E-state index in [1.54, 1.807) is 35.8 Å². The monoisotopic (exact) mass is 345 g/mol. The van der Waals surface area contributed by atoms with Gasteiger partial charge in [0.2, 0.25) is 0 Å². The van der Waals surface area contributed by atoms with Crippen molar-refractivity contribution < 1.29 is 18.4 Å². The second-order valence-corrected chi connectivity index (χ2v) is 7.45. The quantitative estimate of drug-likeness (QED) is 0.556. The average Bonchev–Trinajstić information content (AvgIpc) is 2.90. The van der Waals surface area contributed by atoms with Crippen LogP contribution < -0.4 is 5.48 Å². The van der Waals surface area contributed by atoms with Crippen LogP contribution in [0.2, 0.25) is 0 Å². The zero-order chi connectivity index (χ0) is 17.5. The van der Waals surface area contributed by atoms with Crippen LogP contribution in [0.25, 0.3) is 22.4 Å². The van der Waals surface area contributed by atoms with E-state index in [4.69, 9.17) is 5.21 Å². The molecule has 2 N–H and O–H groups in total. The van der Waals surface area contributed by atoms with Crippen molar-refractivity contribution in [2.45, 2.75) is 4.90 Å². The highest BCUT2D eigenvalue weighted by Crippen LogP contribution is 2.25. The molecule has 2 aromatic carbocycles. The Hall–Kier alpha value is -2.71. The summed E-state index contributed by atoms with van der Waals surface area (Å²) in [5.74, 6) is 0.0354. The lowest BCUT2D eigenvalue weighted by molar-refractivity contribution is 0.0706. The van der Waals surface area contributed by atoms with Crippen molar-refractivity contribution in [3.63, 3.8) is 0 Å². The van der Waals surface area contributed by atoms with Crippen LogP contribution in [-0.2, 0) is 16.9 Å². The van der Waals surface area contributed by atoms with Crippen LogP contribution in [0.5, 0.6) is 0 Å². The number of aromatic nitrogens is 2. The van der Waals surface area contributed by atoms with E-state index in [1.807, 2.05) is 11.6 Å². The first kappa shape index (κ1) is 16.2. The summed E-state index contributed by atoms with van der Waals surface area (Å²) in [6, 6.07) is 11.4. The fourth-order valence-electron chi connectivity index (χ4n) is 2.51. The van der Waals surface area contributed by atoms with Crippen LogP contribution in [0.1, 0.15) is 10.4 Å². The molecule has 0 saturated heterocycles. The number of rotatable bonds is 3. The molecule has 24 heavy (non-hydrogen) atoms. The minimum absolute atomic E-state index is 0.243. The number of fused-ring (bicyclic) bond motifs is 1. The summed E-state index contributed by atoms with van der Waals surface area (Å²) in [7, 11) is -1.42. The third-order valence-corrected chi connectivity index (χ3v) is 4.91. The molecule has 7 nitrogen and oxygen atoms in total. The summed E-state index contributed by atoms with van der Waals surface area (Å²) >= 11 is 0. The van der Waals surface area contributed by atoms with Crippen molar-refractivity contribution in [2.24, 2.45) is 7.05 Å². The highest BCUT2D eigenvalue weighted by atomic mass is 32.2. The number of hydrogen-bond donors (Lipinski definition) is 2. The Kier molecular flexibility index (Phi) is 3.86. The number of hydroxylamine groups is 1. The molecule has 0 atom stereocenters. The summed E-state index contributed by atoms with van der Waals surface area (Å²) in [4.78, 5) is 16.2. The predicted octanol–water partition coefficient (Wildman–Crippen LogP) is 1.76. The van der Waals surface area contributed by atoms with E-state index >= 15 is 0 Å². The van der Waals surface area contributed by atoms with Crippen LogP contribution in [-0.4, -0.2) is 35.3 Å². The van der Waals surface area contributed by atoms with Gasteiger partial charge in [-0.1, -0.05) is 0 Å². The van der Waals surface area contributed by atoms with Gasteiger partial charge in [-0.05, 0) is 42.5 Å². The number of nitrogens with one attached hydrogen (secondary N) is 1. The first-order valence-corrected chi connectivity index (χ1v) is 8.92. The molecule has 0 aliphatic carbocycles. The van der Waals surface area contributed by atoms with Crippen LogP contribution in [0.3, 0.4) is 0 Å². The van der Waals surface area contributed by atoms with Crippen LogP contribution >= 0.6 is 0 Å². The Bertz CT molecular complexity index is 1040. The smallest absolute Gasteiger partial charge is 0.274 e. The molecule has 0 radical (unpaired) electrons. The minimum Gasteiger partial charge on any atom is -0.327 e. The Morgan fingerprint density at radius 3 is 2.42 bits per heavy atom. The van der Waals surface area contributed by atoms with Gasteiger partial charge in [0.25, 0.3) is 5.91 Å². The third kappa shape index (κ3) is 2.77. The highest BCUT2D eigenvalue weighted by molar-refractivity contribution is 7.90. The van der Waals surface area contributed by atoms with E-state index in [0.29, 0.717) is 16.9 Å². The highest BCUT2D eigenvalue weighted by Gasteiger charge is 2.14. The van der Waals surface area contributed by atoms with Gasteiger partial charge < -0.3 is 4.57 Å². The van der Waals surface area contributed by atoms with Gasteiger partial charge >= 0.3 is 0 Å². The van der Waals surface area contributed by atoms with E-state index in [2.05, 4.69) is 4.98 Å². The summed E-state index contributed by atoms with van der Waals surface area (Å²) in [5, 5.41) is 8.72. The van der Waals surface area contributed by atoms with Crippen molar-refractivity contribution >= 4 is 26.8 Å². The number of carbonyl (C=O) groups excluding carboxylic acids is 1. The van der Waals surface area contributed by atoms with Crippen molar-refractivity contribution in [3.05, 3.63) is 48.0 Å². The molecule has 0 saturated carbocycles. The Morgan fingerprint density at radius 2 is 1.83 bits per heavy atom. The minimum atomic E-state index is -3.25. The van der Waals surface area contributed by atoms with E-state index < -0.39 is 15.7 Å². The molecule has 1 amide bonds. The molecule has 1 aromatic heterocycles. The average molecular weight is 345 g/mol. The van der Waals surface area contributed by atoms with Gasteiger partial charge in [-0.15, -0.1) is 0 Å². The van der Waals surface area contributed by atoms with Gasteiger partial charge in [-0.3, -0.25) is 10.0 Å². The first-order valence-electron chi connectivity index (χ1n) is 7.02. The number of amides is 1. The molecule has 3 aromatic rings. The number of aryl methyl sites for hydroxylation is 1. The molecule has 0 aliphatic heterocycles. The second kappa shape index (κ2) is 5.73. The molecule has 0 unspecified atom stereocenters. The number of hydrogen-bond acceptors (Lipinski definition) is 5. The summed E-state index contributed by atoms with van der Waals surface area (Å²) < 4.78 is 24.9. The maximum Gasteiger partial charge on any atom is 0.274 e. The molecule has 1 heterocycles. The number of imidazole rings is 1. The van der Waals surface area contributed by atoms with Gasteiger partial charge in [-0.25, -0.2) is 18.9 Å². The van der Waals surface area contributed by atoms with Crippen LogP contribution in [0, 0.1) is 0 Å². The summed E-state index contributed by atoms with van der Waals surface area (Å²) in [5.41, 5.74) is 4.05. The summed E-state index contributed by atoms with van der Waals surface area (Å²) in [6.45, 7) is 0. The number of benzene rings is 2. The van der Waals surface area contributed by atoms with E-state index in [-0.39, 0.29) is 4.90 Å². The predicted molar refractivity (Wildman–Crippen MR) is 88.5 cm³/mol. The fourth-order valence-corrected chi connectivity index (χ4v) is 3.15. The van der Waals surface area contributed by atoms with Gasteiger partial charge in [0.05, 0.1) is 15.9 Å². The molecule has 0 fully saturated rings. The first-order chi connectivity index (χ1) is 11.3. The number of carbonyl (C=O) groups is 1.